The van der Waals surface area contributed by atoms with E-state index in [2.05, 4.69) is 119 Å². The second-order valence-corrected chi connectivity index (χ2v) is 33.8. The summed E-state index contributed by atoms with van der Waals surface area (Å²) in [5.74, 6) is 1.51. The molecule has 2 aromatic heterocycles. The van der Waals surface area contributed by atoms with Crippen LogP contribution in [0.1, 0.15) is 217 Å². The van der Waals surface area contributed by atoms with E-state index >= 15 is 0 Å². The number of anilines is 3. The summed E-state index contributed by atoms with van der Waals surface area (Å²) in [6.07, 6.45) is 8.28. The van der Waals surface area contributed by atoms with Crippen molar-refractivity contribution in [2.24, 2.45) is 0 Å². The molecule has 7 amide bonds. The van der Waals surface area contributed by atoms with Crippen LogP contribution in [0.2, 0.25) is 0 Å². The normalized spacial score (nSPS) is 18.5. The predicted octanol–water partition coefficient (Wildman–Crippen LogP) is 15.7. The number of hydrogen-bond donors (Lipinski definition) is 2. The zero-order valence-electron chi connectivity index (χ0n) is 70.3. The quantitative estimate of drug-likeness (QED) is 0.134. The average molecular weight is 1650 g/mol. The number of aryl methyl sites for hydroxylation is 1. The molecule has 5 spiro atoms. The number of nitrogens with one attached hydrogen (secondary N) is 1. The molecule has 10 aliphatic rings. The van der Waals surface area contributed by atoms with Crippen LogP contribution in [-0.4, -0.2) is 149 Å². The fourth-order valence-corrected chi connectivity index (χ4v) is 18.9. The zero-order chi connectivity index (χ0) is 84.9. The Morgan fingerprint density at radius 1 is 0.377 bits per heavy atom. The van der Waals surface area contributed by atoms with E-state index in [1.54, 1.807) is 91.7 Å². The Balaban J connectivity index is 0.000000113. The van der Waals surface area contributed by atoms with E-state index in [1.807, 2.05) is 68.7 Å². The van der Waals surface area contributed by atoms with Crippen LogP contribution in [-0.2, 0) is 94.3 Å². The van der Waals surface area contributed by atoms with Gasteiger partial charge in [0, 0.05) is 138 Å². The van der Waals surface area contributed by atoms with Crippen molar-refractivity contribution >= 4 is 58.4 Å². The van der Waals surface area contributed by atoms with Gasteiger partial charge in [-0.15, -0.1) is 0 Å². The number of aromatic nitrogens is 2. The minimum absolute atomic E-state index is 0.0282. The first kappa shape index (κ1) is 83.7. The number of nitrogen functional groups attached to an aromatic ring is 1. The number of ether oxygens (including phenoxy) is 5. The van der Waals surface area contributed by atoms with Crippen molar-refractivity contribution in [3.8, 4) is 0 Å². The summed E-state index contributed by atoms with van der Waals surface area (Å²) in [7, 11) is 1.72. The SMILES string of the molecule is CC(=O)N(C)c1ccc(C(=O)N2CCC3(CC2)OCc2ccccc23)cc1.CC(=O)Nc1ccc(C(=O)N2CCC3(CC2)OCc2ccccc23)cc1.CC(C)c1cc(C(=O)N2CCC3(CC2)OCc2ccccc23)no1.Cc1cc(C(=O)N2CCC3(CC2)OCc2ccccc23)no1.Nc1ccc(C(=O)N2CCC3(CC2)OCc2ccccc23)cc1. The van der Waals surface area contributed by atoms with Gasteiger partial charge >= 0.3 is 0 Å². The molecule has 8 aromatic carbocycles. The summed E-state index contributed by atoms with van der Waals surface area (Å²) in [4.78, 5) is 96.8. The van der Waals surface area contributed by atoms with Gasteiger partial charge in [-0.3, -0.25) is 33.6 Å². The van der Waals surface area contributed by atoms with Crippen molar-refractivity contribution in [3.63, 3.8) is 0 Å². The molecule has 12 heterocycles. The Bertz CT molecular complexity index is 5470. The van der Waals surface area contributed by atoms with Crippen molar-refractivity contribution in [1.29, 1.82) is 0 Å². The van der Waals surface area contributed by atoms with Crippen molar-refractivity contribution in [3.05, 3.63) is 301 Å². The molecule has 5 saturated heterocycles. The van der Waals surface area contributed by atoms with E-state index in [9.17, 15) is 33.6 Å². The molecule has 0 radical (unpaired) electrons. The molecule has 0 bridgehead atoms. The fraction of sp³-hybridized carbons (Fsp3) is 0.378. The van der Waals surface area contributed by atoms with Crippen LogP contribution in [0.5, 0.6) is 0 Å². The van der Waals surface area contributed by atoms with Gasteiger partial charge in [-0.25, -0.2) is 0 Å². The van der Waals surface area contributed by atoms with Gasteiger partial charge in [-0.05, 0) is 200 Å². The summed E-state index contributed by atoms with van der Waals surface area (Å²) in [6, 6.07) is 66.9. The Morgan fingerprint density at radius 2 is 0.656 bits per heavy atom. The Kier molecular flexibility index (Phi) is 24.5. The van der Waals surface area contributed by atoms with Crippen LogP contribution in [0.25, 0.3) is 0 Å². The molecular weight excluding hydrogens is 1540 g/mol. The summed E-state index contributed by atoms with van der Waals surface area (Å²) >= 11 is 0. The lowest BCUT2D eigenvalue weighted by Gasteiger charge is -2.39. The highest BCUT2D eigenvalue weighted by Crippen LogP contribution is 2.50. The largest absolute Gasteiger partial charge is 0.399 e. The monoisotopic (exact) mass is 1650 g/mol. The summed E-state index contributed by atoms with van der Waals surface area (Å²) in [6.45, 7) is 19.1. The molecule has 24 heteroatoms. The van der Waals surface area contributed by atoms with E-state index in [1.165, 1.54) is 69.5 Å². The number of carbonyl (C=O) groups excluding carboxylic acids is 7. The molecular formula is C98H106N10O14. The number of rotatable bonds is 8. The molecule has 3 N–H and O–H groups in total. The van der Waals surface area contributed by atoms with Gasteiger partial charge in [-0.2, -0.15) is 0 Å². The van der Waals surface area contributed by atoms with Crippen LogP contribution >= 0.6 is 0 Å². The smallest absolute Gasteiger partial charge is 0.276 e. The highest BCUT2D eigenvalue weighted by atomic mass is 16.5. The Hall–Kier alpha value is -11.9. The minimum Gasteiger partial charge on any atom is -0.399 e. The predicted molar refractivity (Wildman–Crippen MR) is 459 cm³/mol. The number of likely N-dealkylation sites (tertiary alicyclic amines) is 5. The lowest BCUT2D eigenvalue weighted by Crippen LogP contribution is -2.45. The van der Waals surface area contributed by atoms with Crippen molar-refractivity contribution in [2.45, 2.75) is 166 Å². The second kappa shape index (κ2) is 35.6. The molecule has 24 nitrogen and oxygen atoms in total. The van der Waals surface area contributed by atoms with Gasteiger partial charge in [-0.1, -0.05) is 145 Å². The number of carbonyl (C=O) groups is 7. The summed E-state index contributed by atoms with van der Waals surface area (Å²) in [5, 5.41) is 10.5. The van der Waals surface area contributed by atoms with Gasteiger partial charge in [0.2, 0.25) is 11.8 Å². The van der Waals surface area contributed by atoms with Crippen LogP contribution < -0.4 is 16.0 Å². The second-order valence-electron chi connectivity index (χ2n) is 33.8. The van der Waals surface area contributed by atoms with Gasteiger partial charge in [0.15, 0.2) is 11.4 Å². The molecule has 122 heavy (non-hydrogen) atoms. The van der Waals surface area contributed by atoms with Gasteiger partial charge in [0.1, 0.15) is 11.5 Å². The molecule has 0 aliphatic carbocycles. The van der Waals surface area contributed by atoms with Gasteiger partial charge in [0.25, 0.3) is 29.5 Å². The van der Waals surface area contributed by atoms with Crippen molar-refractivity contribution in [2.75, 3.05) is 88.4 Å². The van der Waals surface area contributed by atoms with Crippen LogP contribution in [0, 0.1) is 6.92 Å². The maximum atomic E-state index is 12.9. The highest BCUT2D eigenvalue weighted by molar-refractivity contribution is 5.98. The minimum atomic E-state index is -0.235. The topological polar surface area (TPSA) is 275 Å². The molecule has 632 valence electrons. The van der Waals surface area contributed by atoms with Crippen LogP contribution in [0.3, 0.4) is 0 Å². The third kappa shape index (κ3) is 17.4. The van der Waals surface area contributed by atoms with E-state index in [4.69, 9.17) is 38.5 Å². The maximum absolute atomic E-state index is 12.9. The first-order valence-electron chi connectivity index (χ1n) is 42.6. The number of fused-ring (bicyclic) bond motifs is 10. The van der Waals surface area contributed by atoms with E-state index in [-0.39, 0.29) is 75.3 Å². The highest BCUT2D eigenvalue weighted by Gasteiger charge is 2.49. The molecule has 0 saturated carbocycles. The Morgan fingerprint density at radius 3 is 0.934 bits per heavy atom. The van der Waals surface area contributed by atoms with E-state index in [0.717, 1.165) is 88.7 Å². The molecule has 5 fully saturated rings. The first-order chi connectivity index (χ1) is 59.0. The van der Waals surface area contributed by atoms with Crippen molar-refractivity contribution < 1.29 is 66.3 Å². The summed E-state index contributed by atoms with van der Waals surface area (Å²) < 4.78 is 41.0. The number of nitrogens with zero attached hydrogens (tertiary/aromatic N) is 8. The standard InChI is InChI=1S/C22H24N2O3.C21H22N2O3.C19H22N2O3.C19H20N2O2.C17H18N2O3/c1-16(25)23(2)19-9-7-17(8-10-19)21(26)24-13-11-22(12-14-24)20-6-4-3-5-18(20)15-27-22;1-15(24)22-18-8-6-16(7-9-18)20(25)23-12-10-21(11-13-23)19-5-3-2-4-17(19)14-26-21;1-13(2)17-11-16(20-24-17)18(22)21-9-7-19(8-10-21)15-6-4-3-5-14(15)12-23-19;20-16-7-5-14(6-8-16)18(22)21-11-9-19(10-12-21)17-4-2-1-3-15(17)13-23-19;1-12-10-15(18-22-12)16(20)19-8-6-17(7-9-19)14-5-3-2-4-13(14)11-21-17/h3-10H,11-15H2,1-2H3;2-9H,10-14H2,1H3,(H,22,24);3-6,11,13H,7-10,12H2,1-2H3;1-8H,9-13,20H2;2-5,10H,6-9,11H2,1H3. The first-order valence-corrected chi connectivity index (χ1v) is 42.6. The van der Waals surface area contributed by atoms with Crippen molar-refractivity contribution in [1.82, 2.24) is 34.8 Å². The zero-order valence-corrected chi connectivity index (χ0v) is 70.3. The lowest BCUT2D eigenvalue weighted by molar-refractivity contribution is -0.116. The van der Waals surface area contributed by atoms with E-state index in [0.29, 0.717) is 131 Å². The number of amides is 7. The third-order valence-electron chi connectivity index (χ3n) is 26.1. The third-order valence-corrected chi connectivity index (χ3v) is 26.1. The molecule has 20 rings (SSSR count). The molecule has 10 aliphatic heterocycles. The number of hydrogen-bond acceptors (Lipinski definition) is 17. The molecule has 10 aromatic rings. The Labute approximate surface area is 711 Å². The van der Waals surface area contributed by atoms with Gasteiger partial charge < -0.3 is 73.2 Å². The summed E-state index contributed by atoms with van der Waals surface area (Å²) in [5.41, 5.74) is 22.3. The number of piperidine rings is 5. The average Bonchev–Trinajstić information content (AvgIpc) is 1.63. The maximum Gasteiger partial charge on any atom is 0.276 e. The lowest BCUT2D eigenvalue weighted by atomic mass is 9.83. The van der Waals surface area contributed by atoms with Crippen LogP contribution in [0.4, 0.5) is 17.1 Å². The van der Waals surface area contributed by atoms with Gasteiger partial charge in [0.05, 0.1) is 61.0 Å². The van der Waals surface area contributed by atoms with E-state index < -0.39 is 0 Å². The molecule has 0 unspecified atom stereocenters. The molecule has 0 atom stereocenters. The number of benzene rings is 8. The van der Waals surface area contributed by atoms with Crippen LogP contribution in [0.15, 0.2) is 215 Å². The number of nitrogens with two attached hydrogens (primary N) is 1. The fourth-order valence-electron chi connectivity index (χ4n) is 18.9.